The molecule has 0 unspecified atom stereocenters. The van der Waals surface area contributed by atoms with Gasteiger partial charge in [-0.05, 0) is 22.6 Å². The van der Waals surface area contributed by atoms with Crippen molar-refractivity contribution < 1.29 is 4.79 Å². The van der Waals surface area contributed by atoms with Gasteiger partial charge < -0.3 is 15.6 Å². The molecule has 0 bridgehead atoms. The number of aromatic nitrogens is 2. The van der Waals surface area contributed by atoms with Crippen molar-refractivity contribution in [3.05, 3.63) is 83.9 Å². The van der Waals surface area contributed by atoms with Crippen LogP contribution in [0.1, 0.15) is 37.6 Å². The van der Waals surface area contributed by atoms with Gasteiger partial charge in [-0.25, -0.2) is 4.98 Å². The summed E-state index contributed by atoms with van der Waals surface area (Å²) < 4.78 is 2.00. The fourth-order valence-electron chi connectivity index (χ4n) is 3.18. The summed E-state index contributed by atoms with van der Waals surface area (Å²) in [6.07, 6.45) is 4.12. The molecule has 0 aliphatic rings. The summed E-state index contributed by atoms with van der Waals surface area (Å²) in [4.78, 5) is 17.0. The summed E-state index contributed by atoms with van der Waals surface area (Å²) in [7, 11) is 0. The number of para-hydroxylation sites is 1. The molecular weight excluding hydrogens is 419 g/mol. The van der Waals surface area contributed by atoms with Crippen LogP contribution in [0.15, 0.2) is 67.1 Å². The number of nitrogens with zero attached hydrogens (tertiary/aromatic N) is 2. The first-order valence-electron chi connectivity index (χ1n) is 9.53. The molecule has 30 heavy (non-hydrogen) atoms. The number of anilines is 1. The number of carbonyl (C=O) groups excluding carboxylic acids is 1. The number of hydrogen-bond acceptors (Lipinski definition) is 3. The van der Waals surface area contributed by atoms with E-state index in [-0.39, 0.29) is 36.1 Å². The molecule has 7 heteroatoms. The summed E-state index contributed by atoms with van der Waals surface area (Å²) in [5.41, 5.74) is 10.00. The Balaban J connectivity index is 0.00000225. The molecule has 3 N–H and O–H groups in total. The number of rotatable bonds is 6. The lowest BCUT2D eigenvalue weighted by Crippen LogP contribution is -2.38. The van der Waals surface area contributed by atoms with E-state index in [1.54, 1.807) is 6.33 Å². The molecule has 2 aromatic carbocycles. The molecule has 1 aromatic heterocycles. The molecule has 1 atom stereocenters. The number of nitrogens with two attached hydrogens (primary N) is 1. The van der Waals surface area contributed by atoms with Gasteiger partial charge >= 0.3 is 0 Å². The Morgan fingerprint density at radius 2 is 1.70 bits per heavy atom. The number of benzene rings is 2. The first-order chi connectivity index (χ1) is 13.3. The number of hydrogen-bond donors (Lipinski definition) is 2. The van der Waals surface area contributed by atoms with Gasteiger partial charge in [0.2, 0.25) is 5.91 Å². The quantitative estimate of drug-likeness (QED) is 0.579. The van der Waals surface area contributed by atoms with Crippen molar-refractivity contribution >= 4 is 36.4 Å². The Morgan fingerprint density at radius 1 is 1.07 bits per heavy atom. The van der Waals surface area contributed by atoms with Crippen molar-refractivity contribution in [2.45, 2.75) is 45.2 Å². The number of halogens is 2. The van der Waals surface area contributed by atoms with Crippen molar-refractivity contribution in [1.29, 1.82) is 0 Å². The Bertz CT molecular complexity index is 936. The van der Waals surface area contributed by atoms with Crippen LogP contribution >= 0.6 is 24.8 Å². The zero-order valence-corrected chi connectivity index (χ0v) is 19.2. The molecule has 0 saturated carbocycles. The van der Waals surface area contributed by atoms with Crippen LogP contribution in [0.4, 0.5) is 5.69 Å². The number of imidazole rings is 1. The normalized spacial score (nSPS) is 11.7. The van der Waals surface area contributed by atoms with E-state index in [4.69, 9.17) is 5.73 Å². The SMILES string of the molecule is CC(C)(C)c1ccccc1NC(=O)[C@@H](N)Cc1cn(Cc2ccccc2)cn1.Cl.Cl. The van der Waals surface area contributed by atoms with E-state index < -0.39 is 6.04 Å². The van der Waals surface area contributed by atoms with Crippen LogP contribution in [0.25, 0.3) is 0 Å². The number of nitrogens with one attached hydrogen (secondary N) is 1. The number of amides is 1. The second kappa shape index (κ2) is 11.2. The van der Waals surface area contributed by atoms with Gasteiger partial charge in [-0.3, -0.25) is 4.79 Å². The second-order valence-corrected chi connectivity index (χ2v) is 8.12. The van der Waals surface area contributed by atoms with Gasteiger partial charge in [-0.1, -0.05) is 69.3 Å². The largest absolute Gasteiger partial charge is 0.333 e. The third-order valence-corrected chi connectivity index (χ3v) is 4.65. The zero-order chi connectivity index (χ0) is 20.1. The fraction of sp³-hybridized carbons (Fsp3) is 0.304. The first-order valence-corrected chi connectivity index (χ1v) is 9.53. The van der Waals surface area contributed by atoms with Crippen molar-refractivity contribution in [1.82, 2.24) is 9.55 Å². The maximum Gasteiger partial charge on any atom is 0.241 e. The molecule has 3 aromatic rings. The molecule has 3 rings (SSSR count). The highest BCUT2D eigenvalue weighted by molar-refractivity contribution is 5.95. The minimum atomic E-state index is -0.659. The van der Waals surface area contributed by atoms with Crippen molar-refractivity contribution in [3.8, 4) is 0 Å². The van der Waals surface area contributed by atoms with E-state index in [0.717, 1.165) is 23.5 Å². The summed E-state index contributed by atoms with van der Waals surface area (Å²) in [6.45, 7) is 7.11. The molecule has 0 aliphatic heterocycles. The van der Waals surface area contributed by atoms with Crippen molar-refractivity contribution in [2.24, 2.45) is 5.73 Å². The lowest BCUT2D eigenvalue weighted by atomic mass is 9.86. The van der Waals surface area contributed by atoms with Gasteiger partial charge in [-0.15, -0.1) is 24.8 Å². The lowest BCUT2D eigenvalue weighted by Gasteiger charge is -2.23. The van der Waals surface area contributed by atoms with Gasteiger partial charge in [0, 0.05) is 24.8 Å². The fourth-order valence-corrected chi connectivity index (χ4v) is 3.18. The minimum absolute atomic E-state index is 0. The molecule has 0 aliphatic carbocycles. The van der Waals surface area contributed by atoms with Crippen LogP contribution in [0.5, 0.6) is 0 Å². The second-order valence-electron chi connectivity index (χ2n) is 8.12. The maximum absolute atomic E-state index is 12.6. The summed E-state index contributed by atoms with van der Waals surface area (Å²) in [6, 6.07) is 17.4. The highest BCUT2D eigenvalue weighted by Crippen LogP contribution is 2.29. The van der Waals surface area contributed by atoms with Crippen LogP contribution in [0, 0.1) is 0 Å². The highest BCUT2D eigenvalue weighted by Gasteiger charge is 2.21. The summed E-state index contributed by atoms with van der Waals surface area (Å²) >= 11 is 0. The third kappa shape index (κ3) is 6.87. The van der Waals surface area contributed by atoms with Crippen LogP contribution in [0.2, 0.25) is 0 Å². The molecule has 0 radical (unpaired) electrons. The minimum Gasteiger partial charge on any atom is -0.333 e. The van der Waals surface area contributed by atoms with E-state index in [0.29, 0.717) is 6.42 Å². The van der Waals surface area contributed by atoms with Gasteiger partial charge in [0.1, 0.15) is 0 Å². The van der Waals surface area contributed by atoms with Crippen molar-refractivity contribution in [2.75, 3.05) is 5.32 Å². The molecule has 1 heterocycles. The highest BCUT2D eigenvalue weighted by atomic mass is 35.5. The van der Waals surface area contributed by atoms with Gasteiger partial charge in [0.05, 0.1) is 18.1 Å². The van der Waals surface area contributed by atoms with Crippen LogP contribution in [-0.2, 0) is 23.2 Å². The maximum atomic E-state index is 12.6. The molecule has 0 spiro atoms. The summed E-state index contributed by atoms with van der Waals surface area (Å²) in [5.74, 6) is -0.200. The van der Waals surface area contributed by atoms with Gasteiger partial charge in [0.15, 0.2) is 0 Å². The van der Waals surface area contributed by atoms with Crippen LogP contribution in [-0.4, -0.2) is 21.5 Å². The van der Waals surface area contributed by atoms with E-state index in [9.17, 15) is 4.79 Å². The third-order valence-electron chi connectivity index (χ3n) is 4.65. The predicted molar refractivity (Wildman–Crippen MR) is 128 cm³/mol. The molecule has 0 saturated heterocycles. The molecule has 1 amide bonds. The van der Waals surface area contributed by atoms with E-state index in [1.165, 1.54) is 5.56 Å². The van der Waals surface area contributed by atoms with Crippen LogP contribution < -0.4 is 11.1 Å². The molecule has 0 fully saturated rings. The Labute approximate surface area is 190 Å². The monoisotopic (exact) mass is 448 g/mol. The Morgan fingerprint density at radius 3 is 2.37 bits per heavy atom. The standard InChI is InChI=1S/C23H28N4O.2ClH/c1-23(2,3)19-11-7-8-12-21(19)26-22(28)20(24)13-18-15-27(16-25-18)14-17-9-5-4-6-10-17;;/h4-12,15-16,20H,13-14,24H2,1-3H3,(H,26,28);2*1H/t20-;;/m0../s1. The summed E-state index contributed by atoms with van der Waals surface area (Å²) in [5, 5.41) is 2.99. The van der Waals surface area contributed by atoms with E-state index in [1.807, 2.05) is 53.2 Å². The Kier molecular flexibility index (Phi) is 9.56. The number of carbonyl (C=O) groups is 1. The average Bonchev–Trinajstić information content (AvgIpc) is 3.09. The molecule has 162 valence electrons. The first kappa shape index (κ1) is 25.7. The van der Waals surface area contributed by atoms with Gasteiger partial charge in [0.25, 0.3) is 0 Å². The predicted octanol–water partition coefficient (Wildman–Crippen LogP) is 4.58. The van der Waals surface area contributed by atoms with Crippen LogP contribution in [0.3, 0.4) is 0 Å². The molecule has 5 nitrogen and oxygen atoms in total. The lowest BCUT2D eigenvalue weighted by molar-refractivity contribution is -0.117. The Hall–Kier alpha value is -2.34. The van der Waals surface area contributed by atoms with E-state index >= 15 is 0 Å². The average molecular weight is 449 g/mol. The topological polar surface area (TPSA) is 72.9 Å². The van der Waals surface area contributed by atoms with Gasteiger partial charge in [-0.2, -0.15) is 0 Å². The van der Waals surface area contributed by atoms with E-state index in [2.05, 4.69) is 43.2 Å². The molecular formula is C23H30Cl2N4O. The zero-order valence-electron chi connectivity index (χ0n) is 17.5. The smallest absolute Gasteiger partial charge is 0.241 e. The van der Waals surface area contributed by atoms with Crippen molar-refractivity contribution in [3.63, 3.8) is 0 Å².